The zero-order valence-corrected chi connectivity index (χ0v) is 13.4. The van der Waals surface area contributed by atoms with E-state index in [1.165, 1.54) is 38.5 Å². The van der Waals surface area contributed by atoms with E-state index in [-0.39, 0.29) is 5.97 Å². The Bertz CT molecular complexity index is 262. The highest BCUT2D eigenvalue weighted by Crippen LogP contribution is 2.16. The third-order valence-corrected chi connectivity index (χ3v) is 3.32. The van der Waals surface area contributed by atoms with Crippen molar-refractivity contribution in [3.8, 4) is 0 Å². The lowest BCUT2D eigenvalue weighted by atomic mass is 10.0. The number of carbonyl (C=O) groups excluding carboxylic acids is 1. The summed E-state index contributed by atoms with van der Waals surface area (Å²) in [4.78, 5) is 11.9. The van der Waals surface area contributed by atoms with E-state index in [9.17, 15) is 4.79 Å². The molecule has 0 bridgehead atoms. The van der Waals surface area contributed by atoms with Crippen molar-refractivity contribution in [1.29, 1.82) is 0 Å². The van der Waals surface area contributed by atoms with Crippen molar-refractivity contribution in [3.05, 3.63) is 11.1 Å². The highest BCUT2D eigenvalue weighted by Gasteiger charge is 2.11. The monoisotopic (exact) mass is 268 g/mol. The second-order valence-corrected chi connectivity index (χ2v) is 5.49. The van der Waals surface area contributed by atoms with Crippen LogP contribution in [-0.2, 0) is 9.53 Å². The number of unbranched alkanes of at least 4 members (excludes halogenated alkanes) is 6. The van der Waals surface area contributed by atoms with Crippen LogP contribution in [0.25, 0.3) is 0 Å². The molecule has 0 aliphatic rings. The largest absolute Gasteiger partial charge is 0.462 e. The van der Waals surface area contributed by atoms with Crippen LogP contribution in [0, 0.1) is 0 Å². The molecule has 0 radical (unpaired) electrons. The molecule has 2 heteroatoms. The molecule has 0 atom stereocenters. The smallest absolute Gasteiger partial charge is 0.333 e. The molecule has 0 N–H and O–H groups in total. The standard InChI is InChI=1S/C17H32O2/c1-5-7-8-9-10-11-12-13-16(15(3)4)17(18)19-14-6-2/h5-14H2,1-4H3. The molecule has 0 saturated carbocycles. The van der Waals surface area contributed by atoms with Gasteiger partial charge >= 0.3 is 5.97 Å². The van der Waals surface area contributed by atoms with Crippen molar-refractivity contribution < 1.29 is 9.53 Å². The maximum atomic E-state index is 11.9. The Balaban J connectivity index is 3.85. The average molecular weight is 268 g/mol. The molecule has 0 fully saturated rings. The summed E-state index contributed by atoms with van der Waals surface area (Å²) in [5, 5.41) is 0. The fraction of sp³-hybridized carbons (Fsp3) is 0.824. The molecule has 0 aliphatic carbocycles. The van der Waals surface area contributed by atoms with Crippen molar-refractivity contribution >= 4 is 5.97 Å². The molecule has 0 aromatic heterocycles. The zero-order valence-electron chi connectivity index (χ0n) is 13.4. The van der Waals surface area contributed by atoms with Crippen molar-refractivity contribution in [2.24, 2.45) is 0 Å². The van der Waals surface area contributed by atoms with Crippen LogP contribution in [-0.4, -0.2) is 12.6 Å². The van der Waals surface area contributed by atoms with Gasteiger partial charge in [0.15, 0.2) is 0 Å². The predicted octanol–water partition coefficient (Wildman–Crippen LogP) is 5.42. The van der Waals surface area contributed by atoms with Crippen molar-refractivity contribution in [2.75, 3.05) is 6.61 Å². The molecule has 112 valence electrons. The van der Waals surface area contributed by atoms with Crippen LogP contribution in [0.3, 0.4) is 0 Å². The first kappa shape index (κ1) is 18.2. The first-order valence-electron chi connectivity index (χ1n) is 7.96. The van der Waals surface area contributed by atoms with Crippen LogP contribution in [0.5, 0.6) is 0 Å². The molecule has 19 heavy (non-hydrogen) atoms. The summed E-state index contributed by atoms with van der Waals surface area (Å²) in [5.41, 5.74) is 1.99. The van der Waals surface area contributed by atoms with E-state index in [4.69, 9.17) is 4.74 Å². The maximum absolute atomic E-state index is 11.9. The fourth-order valence-electron chi connectivity index (χ4n) is 2.10. The zero-order chi connectivity index (χ0) is 14.5. The number of hydrogen-bond acceptors (Lipinski definition) is 2. The molecular weight excluding hydrogens is 236 g/mol. The van der Waals surface area contributed by atoms with E-state index in [1.54, 1.807) is 0 Å². The van der Waals surface area contributed by atoms with E-state index in [0.717, 1.165) is 30.4 Å². The summed E-state index contributed by atoms with van der Waals surface area (Å²) in [6.07, 6.45) is 10.7. The minimum absolute atomic E-state index is 0.104. The molecular formula is C17H32O2. The Kier molecular flexibility index (Phi) is 11.7. The summed E-state index contributed by atoms with van der Waals surface area (Å²) in [6.45, 7) is 8.80. The summed E-state index contributed by atoms with van der Waals surface area (Å²) >= 11 is 0. The van der Waals surface area contributed by atoms with Crippen molar-refractivity contribution in [3.63, 3.8) is 0 Å². The number of hydrogen-bond donors (Lipinski definition) is 0. The minimum atomic E-state index is -0.104. The third kappa shape index (κ3) is 9.75. The molecule has 0 aromatic rings. The molecule has 0 spiro atoms. The van der Waals surface area contributed by atoms with Gasteiger partial charge in [0.05, 0.1) is 6.61 Å². The Morgan fingerprint density at radius 1 is 0.842 bits per heavy atom. The van der Waals surface area contributed by atoms with Gasteiger partial charge in [-0.1, -0.05) is 57.9 Å². The van der Waals surface area contributed by atoms with Gasteiger partial charge in [0, 0.05) is 5.57 Å². The number of rotatable bonds is 11. The Morgan fingerprint density at radius 3 is 1.95 bits per heavy atom. The van der Waals surface area contributed by atoms with E-state index in [2.05, 4.69) is 6.92 Å². The average Bonchev–Trinajstić information content (AvgIpc) is 2.38. The van der Waals surface area contributed by atoms with Gasteiger partial charge in [0.25, 0.3) is 0 Å². The van der Waals surface area contributed by atoms with Gasteiger partial charge in [-0.3, -0.25) is 0 Å². The SMILES string of the molecule is CCCCCCCCCC(C(=O)OCCC)=C(C)C. The lowest BCUT2D eigenvalue weighted by Gasteiger charge is -2.09. The third-order valence-electron chi connectivity index (χ3n) is 3.32. The van der Waals surface area contributed by atoms with Gasteiger partial charge in [-0.2, -0.15) is 0 Å². The van der Waals surface area contributed by atoms with Crippen molar-refractivity contribution in [1.82, 2.24) is 0 Å². The van der Waals surface area contributed by atoms with Crippen LogP contribution < -0.4 is 0 Å². The summed E-state index contributed by atoms with van der Waals surface area (Å²) in [7, 11) is 0. The highest BCUT2D eigenvalue weighted by atomic mass is 16.5. The fourth-order valence-corrected chi connectivity index (χ4v) is 2.10. The first-order chi connectivity index (χ1) is 9.13. The Hall–Kier alpha value is -0.790. The Labute approximate surface area is 119 Å². The normalized spacial score (nSPS) is 10.3. The summed E-state index contributed by atoms with van der Waals surface area (Å²) in [5.74, 6) is -0.104. The van der Waals surface area contributed by atoms with Crippen LogP contribution >= 0.6 is 0 Å². The van der Waals surface area contributed by atoms with E-state index in [0.29, 0.717) is 6.61 Å². The summed E-state index contributed by atoms with van der Waals surface area (Å²) < 4.78 is 5.23. The van der Waals surface area contributed by atoms with Crippen LogP contribution in [0.1, 0.15) is 85.5 Å². The number of esters is 1. The molecule has 0 aliphatic heterocycles. The van der Waals surface area contributed by atoms with Crippen molar-refractivity contribution in [2.45, 2.75) is 85.5 Å². The first-order valence-corrected chi connectivity index (χ1v) is 7.96. The summed E-state index contributed by atoms with van der Waals surface area (Å²) in [6, 6.07) is 0. The van der Waals surface area contributed by atoms with Gasteiger partial charge in [-0.05, 0) is 33.1 Å². The molecule has 0 saturated heterocycles. The lowest BCUT2D eigenvalue weighted by Crippen LogP contribution is -2.10. The highest BCUT2D eigenvalue weighted by molar-refractivity contribution is 5.89. The van der Waals surface area contributed by atoms with Gasteiger partial charge in [-0.25, -0.2) is 4.79 Å². The molecule has 0 amide bonds. The minimum Gasteiger partial charge on any atom is -0.462 e. The van der Waals surface area contributed by atoms with E-state index < -0.39 is 0 Å². The van der Waals surface area contributed by atoms with E-state index >= 15 is 0 Å². The van der Waals surface area contributed by atoms with Gasteiger partial charge in [0.2, 0.25) is 0 Å². The number of carbonyl (C=O) groups is 1. The number of ether oxygens (including phenoxy) is 1. The molecule has 0 unspecified atom stereocenters. The van der Waals surface area contributed by atoms with Crippen LogP contribution in [0.2, 0.25) is 0 Å². The number of allylic oxidation sites excluding steroid dienone is 1. The molecule has 2 nitrogen and oxygen atoms in total. The quantitative estimate of drug-likeness (QED) is 0.284. The van der Waals surface area contributed by atoms with Crippen LogP contribution in [0.15, 0.2) is 11.1 Å². The lowest BCUT2D eigenvalue weighted by molar-refractivity contribution is -0.139. The Morgan fingerprint density at radius 2 is 1.42 bits per heavy atom. The predicted molar refractivity (Wildman–Crippen MR) is 82.2 cm³/mol. The second-order valence-electron chi connectivity index (χ2n) is 5.49. The molecule has 0 aromatic carbocycles. The molecule has 0 heterocycles. The van der Waals surface area contributed by atoms with E-state index in [1.807, 2.05) is 20.8 Å². The van der Waals surface area contributed by atoms with Crippen LogP contribution in [0.4, 0.5) is 0 Å². The molecule has 0 rings (SSSR count). The van der Waals surface area contributed by atoms with Gasteiger partial charge in [-0.15, -0.1) is 0 Å². The topological polar surface area (TPSA) is 26.3 Å². The van der Waals surface area contributed by atoms with Gasteiger partial charge < -0.3 is 4.74 Å². The van der Waals surface area contributed by atoms with Gasteiger partial charge in [0.1, 0.15) is 0 Å². The maximum Gasteiger partial charge on any atom is 0.333 e. The second kappa shape index (κ2) is 12.3.